The van der Waals surface area contributed by atoms with Crippen LogP contribution in [0.3, 0.4) is 0 Å². The molecular weight excluding hydrogens is 454 g/mol. The van der Waals surface area contributed by atoms with Crippen LogP contribution in [-0.2, 0) is 39.0 Å². The van der Waals surface area contributed by atoms with Crippen molar-refractivity contribution in [2.45, 2.75) is 63.9 Å². The molecule has 0 bridgehead atoms. The normalized spacial score (nSPS) is 17.9. The number of sulfonamides is 1. The lowest BCUT2D eigenvalue weighted by Crippen LogP contribution is -2.56. The largest absolute Gasteiger partial charge is 0.350 e. The zero-order valence-corrected chi connectivity index (χ0v) is 20.9. The van der Waals surface area contributed by atoms with Crippen molar-refractivity contribution in [3.63, 3.8) is 0 Å². The molecule has 9 nitrogen and oxygen atoms in total. The number of piperidine rings is 1. The molecule has 1 fully saturated rings. The van der Waals surface area contributed by atoms with Gasteiger partial charge in [0.1, 0.15) is 12.1 Å². The fraction of sp³-hybridized carbons (Fsp3) is 0.542. The highest BCUT2D eigenvalue weighted by atomic mass is 32.2. The predicted octanol–water partition coefficient (Wildman–Crippen LogP) is 1.95. The first-order chi connectivity index (χ1) is 16.2. The summed E-state index contributed by atoms with van der Waals surface area (Å²) >= 11 is 0. The van der Waals surface area contributed by atoms with E-state index in [-0.39, 0.29) is 17.6 Å². The van der Waals surface area contributed by atoms with Crippen molar-refractivity contribution in [3.05, 3.63) is 53.9 Å². The van der Waals surface area contributed by atoms with Crippen LogP contribution < -0.4 is 10.6 Å². The quantitative estimate of drug-likeness (QED) is 0.530. The number of nitrogens with zero attached hydrogens (tertiary/aromatic N) is 3. The molecule has 0 radical (unpaired) electrons. The van der Waals surface area contributed by atoms with Crippen LogP contribution in [-0.4, -0.2) is 52.9 Å². The molecule has 0 unspecified atom stereocenters. The summed E-state index contributed by atoms with van der Waals surface area (Å²) in [6.45, 7) is 4.56. The minimum atomic E-state index is -3.69. The van der Waals surface area contributed by atoms with Crippen molar-refractivity contribution < 1.29 is 18.0 Å². The number of benzene rings is 1. The van der Waals surface area contributed by atoms with Gasteiger partial charge in [-0.05, 0) is 30.7 Å². The second-order valence-corrected chi connectivity index (χ2v) is 11.2. The maximum Gasteiger partial charge on any atom is 0.242 e. The standard InChI is InChI=1S/C24H35N5O4S/c1-18(2)13-21(23(30)25-14-20-15-26-28(3)16-20)27-24(31)22-11-7-8-12-29(22)34(32,33)17-19-9-5-4-6-10-19/h4-6,9-10,15-16,18,21-22H,7-8,11-14,17H2,1-3H3,(H,25,30)(H,27,31)/t21-,22-/m0/s1. The van der Waals surface area contributed by atoms with Crippen LogP contribution in [0.5, 0.6) is 0 Å². The van der Waals surface area contributed by atoms with Crippen molar-refractivity contribution in [3.8, 4) is 0 Å². The Balaban J connectivity index is 1.69. The summed E-state index contributed by atoms with van der Waals surface area (Å²) in [5, 5.41) is 9.80. The number of hydrogen-bond acceptors (Lipinski definition) is 5. The first kappa shape index (κ1) is 25.9. The maximum absolute atomic E-state index is 13.3. The SMILES string of the molecule is CC(C)C[C@H](NC(=O)[C@@H]1CCCCN1S(=O)(=O)Cc1ccccc1)C(=O)NCc1cnn(C)c1. The zero-order valence-electron chi connectivity index (χ0n) is 20.1. The molecule has 0 aliphatic carbocycles. The monoisotopic (exact) mass is 489 g/mol. The highest BCUT2D eigenvalue weighted by Gasteiger charge is 2.38. The van der Waals surface area contributed by atoms with Gasteiger partial charge in [0.15, 0.2) is 0 Å². The van der Waals surface area contributed by atoms with Gasteiger partial charge < -0.3 is 10.6 Å². The van der Waals surface area contributed by atoms with E-state index < -0.39 is 28.0 Å². The molecule has 186 valence electrons. The average molecular weight is 490 g/mol. The van der Waals surface area contributed by atoms with Gasteiger partial charge in [0.25, 0.3) is 0 Å². The molecule has 1 aliphatic heterocycles. The van der Waals surface area contributed by atoms with Crippen LogP contribution in [0.25, 0.3) is 0 Å². The smallest absolute Gasteiger partial charge is 0.242 e. The molecule has 1 aromatic carbocycles. The van der Waals surface area contributed by atoms with Crippen LogP contribution in [0, 0.1) is 5.92 Å². The summed E-state index contributed by atoms with van der Waals surface area (Å²) in [5.74, 6) is -0.698. The minimum Gasteiger partial charge on any atom is -0.350 e. The van der Waals surface area contributed by atoms with Crippen LogP contribution in [0.1, 0.15) is 50.7 Å². The van der Waals surface area contributed by atoms with Gasteiger partial charge in [-0.2, -0.15) is 9.40 Å². The average Bonchev–Trinajstić information content (AvgIpc) is 3.22. The van der Waals surface area contributed by atoms with Crippen molar-refractivity contribution in [2.75, 3.05) is 6.54 Å². The fourth-order valence-corrected chi connectivity index (χ4v) is 5.99. The van der Waals surface area contributed by atoms with Crippen LogP contribution >= 0.6 is 0 Å². The Morgan fingerprint density at radius 1 is 1.15 bits per heavy atom. The molecule has 10 heteroatoms. The highest BCUT2D eigenvalue weighted by molar-refractivity contribution is 7.88. The first-order valence-electron chi connectivity index (χ1n) is 11.7. The van der Waals surface area contributed by atoms with E-state index in [0.717, 1.165) is 12.0 Å². The summed E-state index contributed by atoms with van der Waals surface area (Å²) in [7, 11) is -1.89. The second kappa shape index (κ2) is 11.6. The third-order valence-electron chi connectivity index (χ3n) is 5.87. The molecule has 2 heterocycles. The molecule has 2 amide bonds. The summed E-state index contributed by atoms with van der Waals surface area (Å²) in [5.41, 5.74) is 1.54. The van der Waals surface area contributed by atoms with E-state index in [9.17, 15) is 18.0 Å². The van der Waals surface area contributed by atoms with E-state index in [1.807, 2.05) is 26.1 Å². The second-order valence-electron chi connectivity index (χ2n) is 9.29. The lowest BCUT2D eigenvalue weighted by Gasteiger charge is -2.34. The Hall–Kier alpha value is -2.72. The summed E-state index contributed by atoms with van der Waals surface area (Å²) in [6.07, 6.45) is 5.84. The first-order valence-corrected chi connectivity index (χ1v) is 13.4. The van der Waals surface area contributed by atoms with Gasteiger partial charge in [0, 0.05) is 31.9 Å². The Bertz CT molecular complexity index is 1070. The lowest BCUT2D eigenvalue weighted by atomic mass is 10.0. The number of aryl methyl sites for hydroxylation is 1. The number of aromatic nitrogens is 2. The number of hydrogen-bond donors (Lipinski definition) is 2. The van der Waals surface area contributed by atoms with E-state index >= 15 is 0 Å². The van der Waals surface area contributed by atoms with Crippen LogP contribution in [0.2, 0.25) is 0 Å². The van der Waals surface area contributed by atoms with Crippen LogP contribution in [0.15, 0.2) is 42.7 Å². The molecule has 0 spiro atoms. The molecule has 2 atom stereocenters. The van der Waals surface area contributed by atoms with Crippen molar-refractivity contribution in [1.82, 2.24) is 24.7 Å². The molecule has 1 aliphatic rings. The van der Waals surface area contributed by atoms with Gasteiger partial charge in [0.05, 0.1) is 11.9 Å². The Morgan fingerprint density at radius 3 is 2.53 bits per heavy atom. The maximum atomic E-state index is 13.3. The van der Waals surface area contributed by atoms with E-state index in [1.54, 1.807) is 42.2 Å². The van der Waals surface area contributed by atoms with E-state index in [1.165, 1.54) is 4.31 Å². The van der Waals surface area contributed by atoms with E-state index in [4.69, 9.17) is 0 Å². The molecule has 0 saturated carbocycles. The van der Waals surface area contributed by atoms with Crippen molar-refractivity contribution >= 4 is 21.8 Å². The molecule has 3 rings (SSSR count). The third-order valence-corrected chi connectivity index (χ3v) is 7.72. The van der Waals surface area contributed by atoms with Crippen LogP contribution in [0.4, 0.5) is 0 Å². The van der Waals surface area contributed by atoms with Gasteiger partial charge in [-0.3, -0.25) is 14.3 Å². The summed E-state index contributed by atoms with van der Waals surface area (Å²) in [6, 6.07) is 7.40. The molecule has 2 N–H and O–H groups in total. The molecule has 1 aromatic heterocycles. The number of rotatable bonds is 10. The summed E-state index contributed by atoms with van der Waals surface area (Å²) < 4.78 is 29.3. The Kier molecular flexibility index (Phi) is 8.84. The van der Waals surface area contributed by atoms with Crippen molar-refractivity contribution in [1.29, 1.82) is 0 Å². The van der Waals surface area contributed by atoms with Gasteiger partial charge >= 0.3 is 0 Å². The van der Waals surface area contributed by atoms with Gasteiger partial charge in [0.2, 0.25) is 21.8 Å². The third kappa shape index (κ3) is 7.14. The molecule has 1 saturated heterocycles. The van der Waals surface area contributed by atoms with Crippen molar-refractivity contribution in [2.24, 2.45) is 13.0 Å². The topological polar surface area (TPSA) is 113 Å². The molecule has 34 heavy (non-hydrogen) atoms. The zero-order chi connectivity index (χ0) is 24.7. The lowest BCUT2D eigenvalue weighted by molar-refractivity contribution is -0.132. The van der Waals surface area contributed by atoms with Gasteiger partial charge in [-0.25, -0.2) is 8.42 Å². The number of carbonyl (C=O) groups excluding carboxylic acids is 2. The van der Waals surface area contributed by atoms with E-state index in [0.29, 0.717) is 37.9 Å². The number of carbonyl (C=O) groups is 2. The minimum absolute atomic E-state index is 0.154. The van der Waals surface area contributed by atoms with Gasteiger partial charge in [-0.1, -0.05) is 50.6 Å². The highest BCUT2D eigenvalue weighted by Crippen LogP contribution is 2.23. The predicted molar refractivity (Wildman–Crippen MR) is 130 cm³/mol. The van der Waals surface area contributed by atoms with E-state index in [2.05, 4.69) is 15.7 Å². The Morgan fingerprint density at radius 2 is 1.88 bits per heavy atom. The molecular formula is C24H35N5O4S. The number of amides is 2. The molecule has 2 aromatic rings. The number of nitrogens with one attached hydrogen (secondary N) is 2. The Labute approximate surface area is 202 Å². The summed E-state index contributed by atoms with van der Waals surface area (Å²) in [4.78, 5) is 26.2. The fourth-order valence-electron chi connectivity index (χ4n) is 4.21. The van der Waals surface area contributed by atoms with Gasteiger partial charge in [-0.15, -0.1) is 0 Å².